The van der Waals surface area contributed by atoms with E-state index in [1.165, 1.54) is 0 Å². The van der Waals surface area contributed by atoms with Gasteiger partial charge in [-0.15, -0.1) is 0 Å². The fourth-order valence-corrected chi connectivity index (χ4v) is 12.0. The standard InChI is InChI=1S/2C12H27O3SSi.2C4H10O2.2Na/c2*1-10(2,3)13-17(16,14-11(4,5)6)15-12(7,8)9;2*1-5-3-4-6-2;;/h2*1-9H3;2*3-4H2,1-2H3;;/q2*-1;;;2*+1. The van der Waals surface area contributed by atoms with E-state index in [-0.39, 0.29) is 92.7 Å². The number of ether oxygens (including phenoxy) is 4. The summed E-state index contributed by atoms with van der Waals surface area (Å²) in [5.74, 6) is 0. The molecule has 0 rings (SSSR count). The fourth-order valence-electron chi connectivity index (χ4n) is 2.71. The predicted molar refractivity (Wildman–Crippen MR) is 199 cm³/mol. The molecule has 16 heteroatoms. The topological polar surface area (TPSA) is 92.3 Å². The van der Waals surface area contributed by atoms with Crippen molar-refractivity contribution < 1.29 is 105 Å². The van der Waals surface area contributed by atoms with Crippen LogP contribution in [0, 0.1) is 0 Å². The van der Waals surface area contributed by atoms with Crippen molar-refractivity contribution in [3.05, 3.63) is 0 Å². The summed E-state index contributed by atoms with van der Waals surface area (Å²) in [6.45, 7) is 38.0. The van der Waals surface area contributed by atoms with Gasteiger partial charge >= 0.3 is 75.0 Å². The zero-order valence-electron chi connectivity index (χ0n) is 35.7. The number of rotatable bonds is 12. The number of methoxy groups -OCH3 is 4. The molecule has 0 saturated heterocycles. The van der Waals surface area contributed by atoms with Crippen molar-refractivity contribution in [3.8, 4) is 0 Å². The smallest absolute Gasteiger partial charge is 0.708 e. The Morgan fingerprint density at radius 1 is 0.312 bits per heavy atom. The molecule has 0 radical (unpaired) electrons. The average molecular weight is 785 g/mol. The molecule has 0 unspecified atom stereocenters. The first-order chi connectivity index (χ1) is 20.1. The maximum absolute atomic E-state index is 5.89. The molecule has 0 fully saturated rings. The second kappa shape index (κ2) is 28.2. The Hall–Kier alpha value is 2.73. The minimum absolute atomic E-state index is 0. The Labute approximate surface area is 354 Å². The Morgan fingerprint density at radius 3 is 0.479 bits per heavy atom. The number of hydrogen-bond acceptors (Lipinski definition) is 12. The van der Waals surface area contributed by atoms with Gasteiger partial charge in [-0.2, -0.15) is 0 Å². The van der Waals surface area contributed by atoms with E-state index >= 15 is 0 Å². The molecule has 0 atom stereocenters. The van der Waals surface area contributed by atoms with Gasteiger partial charge in [-0.3, -0.25) is 0 Å². The molecule has 0 heterocycles. The summed E-state index contributed by atoms with van der Waals surface area (Å²) in [7, 11) is 0.463. The van der Waals surface area contributed by atoms with Crippen molar-refractivity contribution >= 4 is 40.1 Å². The first-order valence-corrected chi connectivity index (χ1v) is 21.4. The van der Waals surface area contributed by atoms with Gasteiger partial charge in [0.25, 0.3) is 0 Å². The van der Waals surface area contributed by atoms with Crippen LogP contribution in [0.2, 0.25) is 0 Å². The van der Waals surface area contributed by atoms with Gasteiger partial charge < -0.3 is 69.7 Å². The Kier molecular flexibility index (Phi) is 36.8. The van der Waals surface area contributed by atoms with E-state index in [0.29, 0.717) is 26.4 Å². The van der Waals surface area contributed by atoms with Gasteiger partial charge in [0.15, 0.2) is 0 Å². The van der Waals surface area contributed by atoms with Crippen LogP contribution in [-0.2, 0) is 69.7 Å². The van der Waals surface area contributed by atoms with E-state index in [4.69, 9.17) is 50.7 Å². The first-order valence-electron chi connectivity index (χ1n) is 15.6. The van der Waals surface area contributed by atoms with Crippen molar-refractivity contribution in [2.45, 2.75) is 158 Å². The summed E-state index contributed by atoms with van der Waals surface area (Å²) in [6, 6.07) is 0. The van der Waals surface area contributed by atoms with E-state index in [2.05, 4.69) is 18.9 Å². The van der Waals surface area contributed by atoms with Crippen LogP contribution in [0.4, 0.5) is 0 Å². The fraction of sp³-hybridized carbons (Fsp3) is 1.00. The molecule has 0 saturated carbocycles. The first kappa shape index (κ1) is 62.7. The Balaban J connectivity index is -0.000000133. The molecule has 0 amide bonds. The van der Waals surface area contributed by atoms with Gasteiger partial charge in [-0.05, 0) is 125 Å². The second-order valence-corrected chi connectivity index (χ2v) is 22.5. The van der Waals surface area contributed by atoms with Crippen molar-refractivity contribution in [1.82, 2.24) is 0 Å². The molecule has 0 aromatic heterocycles. The predicted octanol–water partition coefficient (Wildman–Crippen LogP) is 1.39. The Morgan fingerprint density at radius 2 is 0.417 bits per heavy atom. The van der Waals surface area contributed by atoms with Gasteiger partial charge in [-0.25, -0.2) is 0 Å². The largest absolute Gasteiger partial charge is 1.00 e. The van der Waals surface area contributed by atoms with E-state index in [1.54, 1.807) is 28.4 Å². The van der Waals surface area contributed by atoms with Gasteiger partial charge in [0.1, 0.15) is 0 Å². The molecule has 0 aliphatic carbocycles. The van der Waals surface area contributed by atoms with Crippen LogP contribution < -0.4 is 59.1 Å². The quantitative estimate of drug-likeness (QED) is 0.163. The minimum Gasteiger partial charge on any atom is -0.708 e. The third-order valence-electron chi connectivity index (χ3n) is 3.57. The molecule has 10 nitrogen and oxygen atoms in total. The Bertz CT molecular complexity index is 595. The summed E-state index contributed by atoms with van der Waals surface area (Å²) >= 11 is 11.0. The second-order valence-electron chi connectivity index (χ2n) is 16.3. The van der Waals surface area contributed by atoms with E-state index in [1.807, 2.05) is 125 Å². The summed E-state index contributed by atoms with van der Waals surface area (Å²) < 4.78 is 53.9. The van der Waals surface area contributed by atoms with Gasteiger partial charge in [-0.1, -0.05) is 0 Å². The van der Waals surface area contributed by atoms with Gasteiger partial charge in [0.05, 0.1) is 60.0 Å². The third-order valence-corrected chi connectivity index (χ3v) is 10.2. The molecular weight excluding hydrogens is 711 g/mol. The van der Waals surface area contributed by atoms with Crippen molar-refractivity contribution in [2.24, 2.45) is 0 Å². The molecule has 0 bridgehead atoms. The minimum atomic E-state index is -3.07. The molecule has 0 aromatic carbocycles. The maximum Gasteiger partial charge on any atom is 1.00 e. The van der Waals surface area contributed by atoms with Crippen molar-refractivity contribution in [1.29, 1.82) is 0 Å². The monoisotopic (exact) mass is 784 g/mol. The van der Waals surface area contributed by atoms with Crippen LogP contribution in [0.25, 0.3) is 0 Å². The third kappa shape index (κ3) is 55.5. The van der Waals surface area contributed by atoms with Crippen LogP contribution in [0.3, 0.4) is 0 Å². The molecule has 0 aliphatic rings. The normalized spacial score (nSPS) is 13.0. The zero-order chi connectivity index (χ0) is 37.9. The molecule has 0 spiro atoms. The van der Waals surface area contributed by atoms with Crippen LogP contribution in [0.5, 0.6) is 0 Å². The molecule has 0 N–H and O–H groups in total. The summed E-state index contributed by atoms with van der Waals surface area (Å²) in [5, 5.41) is 0. The molecular formula is C32H74Na2O10S2Si2. The number of hydrogen-bond donors (Lipinski definition) is 0. The SMILES string of the molecule is CC(C)(C)O[Si]([S-])(OC(C)(C)C)OC(C)(C)C.CC(C)(C)O[Si]([S-])(OC(C)(C)C)OC(C)(C)C.COCCOC.COCCOC.[Na+].[Na+]. The molecule has 0 aliphatic heterocycles. The molecule has 0 aromatic rings. The molecule has 284 valence electrons. The van der Waals surface area contributed by atoms with Crippen LogP contribution in [0.1, 0.15) is 125 Å². The molecule has 48 heavy (non-hydrogen) atoms. The van der Waals surface area contributed by atoms with E-state index < -0.39 is 15.9 Å². The summed E-state index contributed by atoms with van der Waals surface area (Å²) in [5.41, 5.74) is -2.22. The van der Waals surface area contributed by atoms with Crippen LogP contribution >= 0.6 is 0 Å². The van der Waals surface area contributed by atoms with Crippen LogP contribution in [-0.4, -0.2) is 104 Å². The van der Waals surface area contributed by atoms with E-state index in [9.17, 15) is 0 Å². The van der Waals surface area contributed by atoms with Crippen molar-refractivity contribution in [3.63, 3.8) is 0 Å². The van der Waals surface area contributed by atoms with Crippen molar-refractivity contribution in [2.75, 3.05) is 54.9 Å². The summed E-state index contributed by atoms with van der Waals surface area (Å²) in [6.07, 6.45) is 0. The average Bonchev–Trinajstić information content (AvgIpc) is 2.68. The van der Waals surface area contributed by atoms with Crippen LogP contribution in [0.15, 0.2) is 0 Å². The van der Waals surface area contributed by atoms with Gasteiger partial charge in [0, 0.05) is 28.4 Å². The zero-order valence-corrected chi connectivity index (χ0v) is 43.4. The maximum atomic E-state index is 5.89. The van der Waals surface area contributed by atoms with E-state index in [0.717, 1.165) is 0 Å². The van der Waals surface area contributed by atoms with Gasteiger partial charge in [0.2, 0.25) is 0 Å². The summed E-state index contributed by atoms with van der Waals surface area (Å²) in [4.78, 5) is 0.